The molecule has 0 heterocycles. The van der Waals surface area contributed by atoms with Crippen LogP contribution in [-0.4, -0.2) is 5.71 Å². The van der Waals surface area contributed by atoms with Gasteiger partial charge in [-0.2, -0.15) is 0 Å². The van der Waals surface area contributed by atoms with Crippen LogP contribution in [0.3, 0.4) is 0 Å². The summed E-state index contributed by atoms with van der Waals surface area (Å²) in [4.78, 5) is 4.07. The maximum atomic E-state index is 5.71. The van der Waals surface area contributed by atoms with Crippen LogP contribution in [0.25, 0.3) is 0 Å². The summed E-state index contributed by atoms with van der Waals surface area (Å²) in [5.41, 5.74) is 1.59. The monoisotopic (exact) mass is 157 g/mol. The third-order valence-electron chi connectivity index (χ3n) is 0.888. The van der Waals surface area contributed by atoms with E-state index >= 15 is 0 Å². The third kappa shape index (κ3) is 3.46. The van der Waals surface area contributed by atoms with Crippen LogP contribution in [-0.2, 0) is 0 Å². The molecule has 0 amide bonds. The van der Waals surface area contributed by atoms with E-state index in [0.717, 1.165) is 5.71 Å². The largest absolute Gasteiger partial charge is 0.258 e. The van der Waals surface area contributed by atoms with E-state index in [9.17, 15) is 0 Å². The number of halogens is 1. The average molecular weight is 158 g/mol. The van der Waals surface area contributed by atoms with Gasteiger partial charge in [0.25, 0.3) is 0 Å². The Morgan fingerprint density at radius 2 is 2.00 bits per heavy atom. The Balaban J connectivity index is 4.26. The fraction of sp³-hybridized carbons (Fsp3) is 0.375. The van der Waals surface area contributed by atoms with Crippen LogP contribution in [0.15, 0.2) is 28.4 Å². The predicted molar refractivity (Wildman–Crippen MR) is 47.5 cm³/mol. The van der Waals surface area contributed by atoms with Crippen LogP contribution in [0.4, 0.5) is 0 Å². The zero-order valence-corrected chi connectivity index (χ0v) is 7.37. The predicted octanol–water partition coefficient (Wildman–Crippen LogP) is 3.12. The summed E-state index contributed by atoms with van der Waals surface area (Å²) < 4.78 is 0. The first-order chi connectivity index (χ1) is 4.57. The first-order valence-electron chi connectivity index (χ1n) is 3.11. The van der Waals surface area contributed by atoms with Gasteiger partial charge in [-0.15, -0.1) is 0 Å². The molecule has 0 aliphatic rings. The number of rotatable bonds is 2. The molecular formula is C8H12ClN. The summed E-state index contributed by atoms with van der Waals surface area (Å²) in [6, 6.07) is 0. The van der Waals surface area contributed by atoms with Gasteiger partial charge in [-0.3, -0.25) is 4.99 Å². The Morgan fingerprint density at radius 3 is 2.30 bits per heavy atom. The lowest BCUT2D eigenvalue weighted by molar-refractivity contribution is 1.37. The van der Waals surface area contributed by atoms with Gasteiger partial charge < -0.3 is 0 Å². The first-order valence-corrected chi connectivity index (χ1v) is 3.48. The summed E-state index contributed by atoms with van der Waals surface area (Å²) in [7, 11) is 0. The van der Waals surface area contributed by atoms with Crippen LogP contribution in [0.5, 0.6) is 0 Å². The van der Waals surface area contributed by atoms with Crippen molar-refractivity contribution >= 4 is 17.3 Å². The maximum absolute atomic E-state index is 5.71. The molecule has 2 heteroatoms. The lowest BCUT2D eigenvalue weighted by Crippen LogP contribution is -1.83. The summed E-state index contributed by atoms with van der Waals surface area (Å²) >= 11 is 5.71. The first kappa shape index (κ1) is 9.44. The quantitative estimate of drug-likeness (QED) is 0.432. The van der Waals surface area contributed by atoms with Crippen molar-refractivity contribution in [1.29, 1.82) is 0 Å². The fourth-order valence-electron chi connectivity index (χ4n) is 0.490. The highest BCUT2D eigenvalue weighted by molar-refractivity contribution is 6.31. The number of hydrogen-bond donors (Lipinski definition) is 0. The molecule has 0 spiro atoms. The molecule has 0 rings (SSSR count). The van der Waals surface area contributed by atoms with E-state index in [1.165, 1.54) is 0 Å². The van der Waals surface area contributed by atoms with Crippen molar-refractivity contribution in [3.63, 3.8) is 0 Å². The third-order valence-corrected chi connectivity index (χ3v) is 1.32. The molecule has 0 aliphatic heterocycles. The second-order valence-corrected chi connectivity index (χ2v) is 2.55. The van der Waals surface area contributed by atoms with Gasteiger partial charge in [-0.05, 0) is 20.8 Å². The van der Waals surface area contributed by atoms with E-state index in [0.29, 0.717) is 10.7 Å². The Morgan fingerprint density at radius 1 is 1.50 bits per heavy atom. The van der Waals surface area contributed by atoms with Crippen molar-refractivity contribution in [3.8, 4) is 0 Å². The van der Waals surface area contributed by atoms with Gasteiger partial charge in [-0.1, -0.05) is 24.3 Å². The van der Waals surface area contributed by atoms with Crippen molar-refractivity contribution in [2.45, 2.75) is 20.8 Å². The smallest absolute Gasteiger partial charge is 0.0739 e. The summed E-state index contributed by atoms with van der Waals surface area (Å²) in [6.07, 6.45) is 1.77. The van der Waals surface area contributed by atoms with Gasteiger partial charge in [0.1, 0.15) is 0 Å². The van der Waals surface area contributed by atoms with E-state index < -0.39 is 0 Å². The van der Waals surface area contributed by atoms with Crippen molar-refractivity contribution in [2.75, 3.05) is 0 Å². The number of allylic oxidation sites excluding steroid dienone is 2. The molecule has 1 nitrogen and oxygen atoms in total. The molecule has 0 N–H and O–H groups in total. The van der Waals surface area contributed by atoms with Crippen molar-refractivity contribution in [3.05, 3.63) is 23.4 Å². The minimum absolute atomic E-state index is 0.612. The average Bonchev–Trinajstić information content (AvgIpc) is 1.85. The van der Waals surface area contributed by atoms with Gasteiger partial charge in [-0.25, -0.2) is 0 Å². The molecular weight excluding hydrogens is 146 g/mol. The van der Waals surface area contributed by atoms with Gasteiger partial charge in [0.05, 0.1) is 10.7 Å². The normalized spacial score (nSPS) is 11.0. The minimum Gasteiger partial charge on any atom is -0.258 e. The Bertz CT molecular complexity index is 185. The van der Waals surface area contributed by atoms with Crippen LogP contribution < -0.4 is 0 Å². The van der Waals surface area contributed by atoms with Gasteiger partial charge in [0.15, 0.2) is 0 Å². The van der Waals surface area contributed by atoms with Crippen LogP contribution in [0, 0.1) is 0 Å². The number of nitrogens with zero attached hydrogens (tertiary/aromatic N) is 1. The molecule has 0 saturated heterocycles. The highest BCUT2D eigenvalue weighted by Gasteiger charge is 1.93. The molecule has 0 bridgehead atoms. The molecule has 10 heavy (non-hydrogen) atoms. The zero-order valence-electron chi connectivity index (χ0n) is 6.61. The maximum Gasteiger partial charge on any atom is 0.0739 e. The molecule has 0 aromatic carbocycles. The second kappa shape index (κ2) is 4.29. The van der Waals surface area contributed by atoms with Gasteiger partial charge in [0.2, 0.25) is 0 Å². The Kier molecular flexibility index (Phi) is 4.05. The molecule has 56 valence electrons. The molecule has 0 saturated carbocycles. The highest BCUT2D eigenvalue weighted by atomic mass is 35.5. The SMILES string of the molecule is C=C(N=C(C)C)C(Cl)=CC. The molecule has 0 aromatic rings. The van der Waals surface area contributed by atoms with Crippen molar-refractivity contribution in [1.82, 2.24) is 0 Å². The lowest BCUT2D eigenvalue weighted by Gasteiger charge is -1.95. The Hall–Kier alpha value is -0.560. The summed E-state index contributed by atoms with van der Waals surface area (Å²) in [5, 5.41) is 0.612. The summed E-state index contributed by atoms with van der Waals surface area (Å²) in [5.74, 6) is 0. The van der Waals surface area contributed by atoms with Crippen LogP contribution >= 0.6 is 11.6 Å². The number of hydrogen-bond acceptors (Lipinski definition) is 1. The van der Waals surface area contributed by atoms with E-state index in [1.807, 2.05) is 20.8 Å². The standard InChI is InChI=1S/C8H12ClN/c1-5-8(9)7(4)10-6(2)3/h5H,4H2,1-3H3. The molecule has 0 atom stereocenters. The molecule has 0 unspecified atom stereocenters. The van der Waals surface area contributed by atoms with Crippen LogP contribution in [0.1, 0.15) is 20.8 Å². The second-order valence-electron chi connectivity index (χ2n) is 2.14. The zero-order chi connectivity index (χ0) is 8.15. The number of aliphatic imine (C=N–C) groups is 1. The van der Waals surface area contributed by atoms with E-state index in [4.69, 9.17) is 11.6 Å². The van der Waals surface area contributed by atoms with Gasteiger partial charge in [0, 0.05) is 5.71 Å². The lowest BCUT2D eigenvalue weighted by atomic mass is 10.4. The topological polar surface area (TPSA) is 12.4 Å². The molecule has 0 radical (unpaired) electrons. The molecule has 0 fully saturated rings. The van der Waals surface area contributed by atoms with Crippen LogP contribution in [0.2, 0.25) is 0 Å². The molecule has 0 aliphatic carbocycles. The van der Waals surface area contributed by atoms with Crippen molar-refractivity contribution < 1.29 is 0 Å². The van der Waals surface area contributed by atoms with E-state index in [-0.39, 0.29) is 0 Å². The van der Waals surface area contributed by atoms with Gasteiger partial charge >= 0.3 is 0 Å². The summed E-state index contributed by atoms with van der Waals surface area (Å²) in [6.45, 7) is 9.35. The minimum atomic E-state index is 0.612. The Labute approximate surface area is 67.1 Å². The van der Waals surface area contributed by atoms with Crippen molar-refractivity contribution in [2.24, 2.45) is 4.99 Å². The molecule has 0 aromatic heterocycles. The van der Waals surface area contributed by atoms with E-state index in [2.05, 4.69) is 11.6 Å². The fourth-order valence-corrected chi connectivity index (χ4v) is 0.532. The highest BCUT2D eigenvalue weighted by Crippen LogP contribution is 2.13. The van der Waals surface area contributed by atoms with E-state index in [1.54, 1.807) is 6.08 Å².